The summed E-state index contributed by atoms with van der Waals surface area (Å²) in [6.07, 6.45) is 3.73. The molecule has 1 amide bonds. The van der Waals surface area contributed by atoms with E-state index in [-0.39, 0.29) is 16.7 Å². The van der Waals surface area contributed by atoms with Gasteiger partial charge in [-0.15, -0.1) is 18.3 Å². The van der Waals surface area contributed by atoms with Gasteiger partial charge < -0.3 is 10.0 Å². The van der Waals surface area contributed by atoms with Crippen molar-refractivity contribution in [1.29, 1.82) is 0 Å². The Bertz CT molecular complexity index is 700. The van der Waals surface area contributed by atoms with Crippen LogP contribution in [0.4, 0.5) is 0 Å². The largest absolute Gasteiger partial charge is 0.507 e. The highest BCUT2D eigenvalue weighted by atomic mass is 32.2. The molecule has 0 aromatic heterocycles. The Morgan fingerprint density at radius 3 is 2.15 bits per heavy atom. The summed E-state index contributed by atoms with van der Waals surface area (Å²) < 4.78 is 0. The average molecular weight is 374 g/mol. The molecule has 1 heterocycles. The molecule has 1 saturated heterocycles. The third kappa shape index (κ3) is 4.53. The molecule has 2 rings (SSSR count). The van der Waals surface area contributed by atoms with Crippen LogP contribution in [0.15, 0.2) is 29.7 Å². The molecule has 26 heavy (non-hydrogen) atoms. The first kappa shape index (κ1) is 20.6. The number of amides is 1. The molecular weight excluding hydrogens is 342 g/mol. The minimum absolute atomic E-state index is 0.0591. The molecule has 0 spiro atoms. The van der Waals surface area contributed by atoms with Gasteiger partial charge in [0.1, 0.15) is 5.75 Å². The van der Waals surface area contributed by atoms with E-state index in [2.05, 4.69) is 48.1 Å². The van der Waals surface area contributed by atoms with Crippen LogP contribution in [0.3, 0.4) is 0 Å². The Hall–Kier alpha value is -1.68. The van der Waals surface area contributed by atoms with E-state index in [1.165, 1.54) is 0 Å². The zero-order valence-corrected chi connectivity index (χ0v) is 17.7. The highest BCUT2D eigenvalue weighted by molar-refractivity contribution is 8.04. The number of carbonyl (C=O) groups excluding carboxylic acids is 1. The molecule has 0 bridgehead atoms. The first-order valence-corrected chi connectivity index (χ1v) is 10.1. The summed E-state index contributed by atoms with van der Waals surface area (Å²) in [7, 11) is 0. The predicted molar refractivity (Wildman–Crippen MR) is 113 cm³/mol. The normalized spacial score (nSPS) is 17.7. The second-order valence-electron chi connectivity index (χ2n) is 8.86. The van der Waals surface area contributed by atoms with Crippen LogP contribution in [-0.4, -0.2) is 34.8 Å². The standard InChI is InChI=1S/C22H31NO2S/c1-8-9-23-10-11-26-18(20(23)25)14-15-12-16(21(2,3)4)19(24)17(13-15)22(5,6)7/h8,12-14,24H,1,9-11H2,2-7H3/b18-14+. The molecule has 1 fully saturated rings. The lowest BCUT2D eigenvalue weighted by atomic mass is 9.78. The molecule has 0 aliphatic carbocycles. The smallest absolute Gasteiger partial charge is 0.260 e. The Morgan fingerprint density at radius 1 is 1.15 bits per heavy atom. The third-order valence-electron chi connectivity index (χ3n) is 4.51. The number of hydrogen-bond acceptors (Lipinski definition) is 3. The number of aromatic hydroxyl groups is 1. The Kier molecular flexibility index (Phi) is 5.96. The van der Waals surface area contributed by atoms with Crippen molar-refractivity contribution in [1.82, 2.24) is 4.90 Å². The van der Waals surface area contributed by atoms with Crippen molar-refractivity contribution in [3.05, 3.63) is 46.4 Å². The lowest BCUT2D eigenvalue weighted by molar-refractivity contribution is -0.125. The third-order valence-corrected chi connectivity index (χ3v) is 5.50. The van der Waals surface area contributed by atoms with Crippen molar-refractivity contribution in [2.75, 3.05) is 18.8 Å². The maximum Gasteiger partial charge on any atom is 0.260 e. The van der Waals surface area contributed by atoms with Crippen LogP contribution in [0.2, 0.25) is 0 Å². The molecule has 3 nitrogen and oxygen atoms in total. The first-order valence-electron chi connectivity index (χ1n) is 9.08. The molecule has 0 saturated carbocycles. The average Bonchev–Trinajstić information content (AvgIpc) is 2.50. The minimum atomic E-state index is -0.183. The van der Waals surface area contributed by atoms with Gasteiger partial charge in [0.15, 0.2) is 0 Å². The fourth-order valence-electron chi connectivity index (χ4n) is 3.05. The molecule has 1 aliphatic rings. The van der Waals surface area contributed by atoms with Crippen LogP contribution in [0.25, 0.3) is 6.08 Å². The van der Waals surface area contributed by atoms with Crippen molar-refractivity contribution < 1.29 is 9.90 Å². The number of benzene rings is 1. The molecule has 0 unspecified atom stereocenters. The van der Waals surface area contributed by atoms with Gasteiger partial charge in [0, 0.05) is 30.0 Å². The van der Waals surface area contributed by atoms with Crippen LogP contribution in [0, 0.1) is 0 Å². The van der Waals surface area contributed by atoms with E-state index in [0.717, 1.165) is 33.9 Å². The summed E-state index contributed by atoms with van der Waals surface area (Å²) >= 11 is 1.60. The van der Waals surface area contributed by atoms with E-state index in [4.69, 9.17) is 0 Å². The molecular formula is C22H31NO2S. The summed E-state index contributed by atoms with van der Waals surface area (Å²) in [4.78, 5) is 15.3. The van der Waals surface area contributed by atoms with E-state index in [0.29, 0.717) is 12.3 Å². The fourth-order valence-corrected chi connectivity index (χ4v) is 4.06. The van der Waals surface area contributed by atoms with Crippen molar-refractivity contribution in [3.8, 4) is 5.75 Å². The van der Waals surface area contributed by atoms with Crippen molar-refractivity contribution >= 4 is 23.7 Å². The van der Waals surface area contributed by atoms with E-state index < -0.39 is 0 Å². The van der Waals surface area contributed by atoms with Crippen LogP contribution in [0.1, 0.15) is 58.2 Å². The molecule has 0 atom stereocenters. The number of phenols is 1. The first-order chi connectivity index (χ1) is 11.9. The van der Waals surface area contributed by atoms with E-state index in [1.54, 1.807) is 17.8 Å². The van der Waals surface area contributed by atoms with Crippen LogP contribution < -0.4 is 0 Å². The van der Waals surface area contributed by atoms with Crippen LogP contribution in [-0.2, 0) is 15.6 Å². The number of phenolic OH excluding ortho intramolecular Hbond substituents is 1. The lowest BCUT2D eigenvalue weighted by Crippen LogP contribution is -2.37. The van der Waals surface area contributed by atoms with Crippen molar-refractivity contribution in [2.45, 2.75) is 52.4 Å². The van der Waals surface area contributed by atoms with Gasteiger partial charge in [-0.05, 0) is 34.6 Å². The quantitative estimate of drug-likeness (QED) is 0.593. The van der Waals surface area contributed by atoms with E-state index in [1.807, 2.05) is 23.1 Å². The summed E-state index contributed by atoms with van der Waals surface area (Å²) in [6, 6.07) is 4.02. The molecule has 1 aliphatic heterocycles. The van der Waals surface area contributed by atoms with E-state index >= 15 is 0 Å². The number of nitrogens with zero attached hydrogens (tertiary/aromatic N) is 1. The topological polar surface area (TPSA) is 40.5 Å². The van der Waals surface area contributed by atoms with Gasteiger partial charge in [0.25, 0.3) is 5.91 Å². The summed E-state index contributed by atoms with van der Waals surface area (Å²) in [6.45, 7) is 17.6. The molecule has 0 radical (unpaired) electrons. The maximum atomic E-state index is 12.7. The Morgan fingerprint density at radius 2 is 1.69 bits per heavy atom. The van der Waals surface area contributed by atoms with Crippen LogP contribution in [0.5, 0.6) is 5.75 Å². The molecule has 1 aromatic rings. The zero-order chi connectivity index (χ0) is 19.7. The number of carbonyl (C=O) groups is 1. The summed E-state index contributed by atoms with van der Waals surface area (Å²) in [5, 5.41) is 10.8. The van der Waals surface area contributed by atoms with E-state index in [9.17, 15) is 9.90 Å². The number of thioether (sulfide) groups is 1. The molecule has 142 valence electrons. The SMILES string of the molecule is C=CCN1CCS/C(=C/c2cc(C(C)(C)C)c(O)c(C(C)(C)C)c2)C1=O. The Balaban J connectivity index is 2.55. The number of hydrogen-bond donors (Lipinski definition) is 1. The monoisotopic (exact) mass is 373 g/mol. The van der Waals surface area contributed by atoms with Crippen molar-refractivity contribution in [2.24, 2.45) is 0 Å². The van der Waals surface area contributed by atoms with Gasteiger partial charge in [0.05, 0.1) is 4.91 Å². The van der Waals surface area contributed by atoms with Crippen LogP contribution >= 0.6 is 11.8 Å². The van der Waals surface area contributed by atoms with Gasteiger partial charge in [-0.2, -0.15) is 0 Å². The predicted octanol–water partition coefficient (Wildman–Crippen LogP) is 5.09. The van der Waals surface area contributed by atoms with Gasteiger partial charge in [-0.3, -0.25) is 4.79 Å². The zero-order valence-electron chi connectivity index (χ0n) is 16.8. The summed E-state index contributed by atoms with van der Waals surface area (Å²) in [5.41, 5.74) is 2.42. The van der Waals surface area contributed by atoms with Gasteiger partial charge >= 0.3 is 0 Å². The van der Waals surface area contributed by atoms with Gasteiger partial charge in [-0.25, -0.2) is 0 Å². The maximum absolute atomic E-state index is 12.7. The molecule has 1 N–H and O–H groups in total. The Labute approximate surface area is 162 Å². The molecule has 4 heteroatoms. The highest BCUT2D eigenvalue weighted by Crippen LogP contribution is 2.40. The second kappa shape index (κ2) is 7.51. The molecule has 1 aromatic carbocycles. The highest BCUT2D eigenvalue weighted by Gasteiger charge is 2.27. The van der Waals surface area contributed by atoms with Gasteiger partial charge in [-0.1, -0.05) is 47.6 Å². The number of rotatable bonds is 3. The minimum Gasteiger partial charge on any atom is -0.507 e. The van der Waals surface area contributed by atoms with Gasteiger partial charge in [0.2, 0.25) is 0 Å². The fraction of sp³-hybridized carbons (Fsp3) is 0.500. The lowest BCUT2D eigenvalue weighted by Gasteiger charge is -2.29. The van der Waals surface area contributed by atoms with Crippen molar-refractivity contribution in [3.63, 3.8) is 0 Å². The second-order valence-corrected chi connectivity index (χ2v) is 10.00. The summed E-state index contributed by atoms with van der Waals surface area (Å²) in [5.74, 6) is 1.31.